The fourth-order valence-corrected chi connectivity index (χ4v) is 5.43. The molecule has 0 fully saturated rings. The fraction of sp³-hybridized carbons (Fsp3) is 0.240. The Kier molecular flexibility index (Phi) is 8.66. The van der Waals surface area contributed by atoms with Gasteiger partial charge in [0.05, 0.1) is 29.1 Å². The first-order valence-electron chi connectivity index (χ1n) is 11.3. The molecular formula is C25H29N3O7S2. The molecule has 0 aliphatic heterocycles. The molecule has 0 bridgehead atoms. The predicted molar refractivity (Wildman–Crippen MR) is 141 cm³/mol. The highest BCUT2D eigenvalue weighted by Crippen LogP contribution is 2.25. The summed E-state index contributed by atoms with van der Waals surface area (Å²) in [5, 5.41) is 2.70. The number of rotatable bonds is 11. The number of anilines is 2. The number of hydrogen-bond acceptors (Lipinski definition) is 7. The van der Waals surface area contributed by atoms with Crippen LogP contribution in [-0.4, -0.2) is 42.5 Å². The Hall–Kier alpha value is -3.77. The van der Waals surface area contributed by atoms with Gasteiger partial charge in [0.25, 0.3) is 26.0 Å². The molecule has 0 saturated carbocycles. The summed E-state index contributed by atoms with van der Waals surface area (Å²) in [4.78, 5) is 12.3. The van der Waals surface area contributed by atoms with E-state index < -0.39 is 26.0 Å². The molecule has 0 heterocycles. The van der Waals surface area contributed by atoms with Crippen molar-refractivity contribution in [1.29, 1.82) is 0 Å². The molecule has 0 aliphatic rings. The van der Waals surface area contributed by atoms with Gasteiger partial charge in [0.1, 0.15) is 11.5 Å². The highest BCUT2D eigenvalue weighted by atomic mass is 32.2. The molecule has 0 unspecified atom stereocenters. The second-order valence-electron chi connectivity index (χ2n) is 8.18. The van der Waals surface area contributed by atoms with Crippen LogP contribution in [0.5, 0.6) is 11.5 Å². The average Bonchev–Trinajstić information content (AvgIpc) is 2.84. The first kappa shape index (κ1) is 27.8. The molecule has 198 valence electrons. The third-order valence-electron chi connectivity index (χ3n) is 4.98. The molecule has 12 heteroatoms. The lowest BCUT2D eigenvalue weighted by Crippen LogP contribution is -2.30. The fourth-order valence-electron chi connectivity index (χ4n) is 3.29. The molecule has 1 amide bonds. The zero-order chi connectivity index (χ0) is 27.2. The molecule has 10 nitrogen and oxygen atoms in total. The summed E-state index contributed by atoms with van der Waals surface area (Å²) in [6.45, 7) is 5.91. The number of benzene rings is 3. The summed E-state index contributed by atoms with van der Waals surface area (Å²) < 4.78 is 66.8. The van der Waals surface area contributed by atoms with E-state index in [2.05, 4.69) is 14.8 Å². The number of methoxy groups -OCH3 is 1. The lowest BCUT2D eigenvalue weighted by Gasteiger charge is -2.14. The molecule has 3 rings (SSSR count). The Morgan fingerprint density at radius 1 is 0.811 bits per heavy atom. The minimum Gasteiger partial charge on any atom is -0.496 e. The SMILES string of the molecule is CCOc1ccc(NS(=O)(=O)c2ccc(NS(=O)(=O)c3ccc(OC)c(C(=O)NC(C)C)c3)cc2)cc1. The number of sulfonamides is 2. The van der Waals surface area contributed by atoms with E-state index in [1.165, 1.54) is 49.6 Å². The summed E-state index contributed by atoms with van der Waals surface area (Å²) in [6, 6.07) is 15.5. The van der Waals surface area contributed by atoms with Gasteiger partial charge in [-0.1, -0.05) is 0 Å². The number of carbonyl (C=O) groups is 1. The van der Waals surface area contributed by atoms with Gasteiger partial charge in [0, 0.05) is 17.4 Å². The molecular weight excluding hydrogens is 518 g/mol. The topological polar surface area (TPSA) is 140 Å². The summed E-state index contributed by atoms with van der Waals surface area (Å²) in [5.74, 6) is 0.372. The van der Waals surface area contributed by atoms with Crippen LogP contribution in [0.25, 0.3) is 0 Å². The van der Waals surface area contributed by atoms with E-state index in [-0.39, 0.29) is 32.8 Å². The van der Waals surface area contributed by atoms with Gasteiger partial charge in [0.15, 0.2) is 0 Å². The Morgan fingerprint density at radius 2 is 1.32 bits per heavy atom. The van der Waals surface area contributed by atoms with Gasteiger partial charge >= 0.3 is 0 Å². The van der Waals surface area contributed by atoms with Crippen LogP contribution in [-0.2, 0) is 20.0 Å². The molecule has 0 spiro atoms. The van der Waals surface area contributed by atoms with Crippen LogP contribution in [0.1, 0.15) is 31.1 Å². The standard InChI is InChI=1S/C25H29N3O7S2/c1-5-35-20-10-6-18(7-11-20)27-36(30,31)21-12-8-19(9-13-21)28-37(32,33)22-14-15-24(34-4)23(16-22)25(29)26-17(2)3/h6-17,27-28H,5H2,1-4H3,(H,26,29). The molecule has 0 radical (unpaired) electrons. The van der Waals surface area contributed by atoms with E-state index in [1.54, 1.807) is 38.1 Å². The number of amides is 1. The van der Waals surface area contributed by atoms with Crippen LogP contribution in [0, 0.1) is 0 Å². The summed E-state index contributed by atoms with van der Waals surface area (Å²) in [7, 11) is -6.62. The zero-order valence-corrected chi connectivity index (χ0v) is 22.4. The van der Waals surface area contributed by atoms with E-state index >= 15 is 0 Å². The molecule has 0 saturated heterocycles. The number of carbonyl (C=O) groups excluding carboxylic acids is 1. The maximum absolute atomic E-state index is 13.0. The summed E-state index contributed by atoms with van der Waals surface area (Å²) >= 11 is 0. The van der Waals surface area contributed by atoms with Crippen molar-refractivity contribution in [3.63, 3.8) is 0 Å². The smallest absolute Gasteiger partial charge is 0.261 e. The first-order valence-corrected chi connectivity index (χ1v) is 14.3. The summed E-state index contributed by atoms with van der Waals surface area (Å²) in [6.07, 6.45) is 0. The maximum atomic E-state index is 13.0. The molecule has 3 N–H and O–H groups in total. The van der Waals surface area contributed by atoms with E-state index in [9.17, 15) is 21.6 Å². The monoisotopic (exact) mass is 547 g/mol. The van der Waals surface area contributed by atoms with Crippen LogP contribution < -0.4 is 24.2 Å². The third kappa shape index (κ3) is 7.14. The van der Waals surface area contributed by atoms with Crippen molar-refractivity contribution in [3.05, 3.63) is 72.3 Å². The van der Waals surface area contributed by atoms with Crippen LogP contribution in [0.15, 0.2) is 76.5 Å². The lowest BCUT2D eigenvalue weighted by atomic mass is 10.2. The van der Waals surface area contributed by atoms with Crippen molar-refractivity contribution in [2.45, 2.75) is 36.6 Å². The Morgan fingerprint density at radius 3 is 1.84 bits per heavy atom. The largest absolute Gasteiger partial charge is 0.496 e. The van der Waals surface area contributed by atoms with Gasteiger partial charge in [-0.15, -0.1) is 0 Å². The Bertz CT molecular complexity index is 1450. The van der Waals surface area contributed by atoms with Crippen molar-refractivity contribution in [1.82, 2.24) is 5.32 Å². The van der Waals surface area contributed by atoms with Gasteiger partial charge in [-0.25, -0.2) is 16.8 Å². The van der Waals surface area contributed by atoms with Crippen molar-refractivity contribution < 1.29 is 31.1 Å². The Balaban J connectivity index is 1.78. The zero-order valence-electron chi connectivity index (χ0n) is 20.8. The first-order chi connectivity index (χ1) is 17.4. The van der Waals surface area contributed by atoms with Crippen molar-refractivity contribution in [2.24, 2.45) is 0 Å². The molecule has 37 heavy (non-hydrogen) atoms. The highest BCUT2D eigenvalue weighted by Gasteiger charge is 2.21. The number of ether oxygens (including phenoxy) is 2. The number of nitrogens with one attached hydrogen (secondary N) is 3. The van der Waals surface area contributed by atoms with E-state index in [1.807, 2.05) is 6.92 Å². The second-order valence-corrected chi connectivity index (χ2v) is 11.5. The van der Waals surface area contributed by atoms with E-state index in [0.717, 1.165) is 0 Å². The van der Waals surface area contributed by atoms with E-state index in [4.69, 9.17) is 9.47 Å². The van der Waals surface area contributed by atoms with Crippen molar-refractivity contribution in [3.8, 4) is 11.5 Å². The molecule has 0 aliphatic carbocycles. The van der Waals surface area contributed by atoms with E-state index in [0.29, 0.717) is 18.0 Å². The van der Waals surface area contributed by atoms with Crippen molar-refractivity contribution >= 4 is 37.3 Å². The Labute approximate surface area is 217 Å². The number of hydrogen-bond donors (Lipinski definition) is 3. The highest BCUT2D eigenvalue weighted by molar-refractivity contribution is 7.93. The van der Waals surface area contributed by atoms with Crippen molar-refractivity contribution in [2.75, 3.05) is 23.2 Å². The summed E-state index contributed by atoms with van der Waals surface area (Å²) in [5.41, 5.74) is 0.565. The minimum atomic E-state index is -4.09. The van der Waals surface area contributed by atoms with Crippen LogP contribution >= 0.6 is 0 Å². The lowest BCUT2D eigenvalue weighted by molar-refractivity contribution is 0.0940. The molecule has 0 atom stereocenters. The predicted octanol–water partition coefficient (Wildman–Crippen LogP) is 3.83. The molecule has 3 aromatic carbocycles. The second kappa shape index (κ2) is 11.5. The van der Waals surface area contributed by atoms with Gasteiger partial charge < -0.3 is 14.8 Å². The quantitative estimate of drug-likeness (QED) is 0.331. The van der Waals surface area contributed by atoms with Crippen LogP contribution in [0.4, 0.5) is 11.4 Å². The normalized spacial score (nSPS) is 11.6. The van der Waals surface area contributed by atoms with Gasteiger partial charge in [-0.05, 0) is 87.5 Å². The van der Waals surface area contributed by atoms with Crippen LogP contribution in [0.3, 0.4) is 0 Å². The third-order valence-corrected chi connectivity index (χ3v) is 7.76. The minimum absolute atomic E-state index is 0.0542. The molecule has 3 aromatic rings. The van der Waals surface area contributed by atoms with Crippen LogP contribution in [0.2, 0.25) is 0 Å². The molecule has 0 aromatic heterocycles. The maximum Gasteiger partial charge on any atom is 0.261 e. The van der Waals surface area contributed by atoms with Gasteiger partial charge in [-0.3, -0.25) is 14.2 Å². The van der Waals surface area contributed by atoms with Gasteiger partial charge in [-0.2, -0.15) is 0 Å². The average molecular weight is 548 g/mol. The van der Waals surface area contributed by atoms with Gasteiger partial charge in [0.2, 0.25) is 0 Å².